The number of nitro groups is 1. The molecule has 4 aromatic rings. The van der Waals surface area contributed by atoms with Crippen LogP contribution in [0.4, 0.5) is 5.69 Å². The Labute approximate surface area is 200 Å². The first-order chi connectivity index (χ1) is 16.7. The van der Waals surface area contributed by atoms with Crippen molar-refractivity contribution in [3.05, 3.63) is 112 Å². The van der Waals surface area contributed by atoms with E-state index < -0.39 is 20.9 Å². The molecule has 10 heteroatoms. The van der Waals surface area contributed by atoms with E-state index in [9.17, 15) is 23.3 Å². The Morgan fingerprint density at radius 2 is 1.74 bits per heavy atom. The molecule has 9 nitrogen and oxygen atoms in total. The van der Waals surface area contributed by atoms with Crippen LogP contribution in [0.25, 0.3) is 10.8 Å². The highest BCUT2D eigenvalue weighted by Crippen LogP contribution is 2.30. The molecule has 1 N–H and O–H groups in total. The van der Waals surface area contributed by atoms with Gasteiger partial charge < -0.3 is 4.18 Å². The zero-order valence-electron chi connectivity index (χ0n) is 18.4. The van der Waals surface area contributed by atoms with E-state index in [1.165, 1.54) is 30.5 Å². The number of nitrogens with one attached hydrogen (secondary N) is 1. The van der Waals surface area contributed by atoms with Gasteiger partial charge in [-0.25, -0.2) is 5.43 Å². The molecule has 0 spiro atoms. The summed E-state index contributed by atoms with van der Waals surface area (Å²) >= 11 is 0. The van der Waals surface area contributed by atoms with Gasteiger partial charge in [0.05, 0.1) is 11.1 Å². The molecule has 4 rings (SSSR count). The summed E-state index contributed by atoms with van der Waals surface area (Å²) < 4.78 is 31.2. The first-order valence-corrected chi connectivity index (χ1v) is 11.8. The lowest BCUT2D eigenvalue weighted by molar-refractivity contribution is -0.385. The van der Waals surface area contributed by atoms with Crippen molar-refractivity contribution < 1.29 is 22.3 Å². The van der Waals surface area contributed by atoms with Crippen molar-refractivity contribution >= 4 is 38.7 Å². The van der Waals surface area contributed by atoms with Gasteiger partial charge in [-0.1, -0.05) is 54.1 Å². The average Bonchev–Trinajstić information content (AvgIpc) is 2.85. The number of benzene rings is 4. The van der Waals surface area contributed by atoms with Crippen molar-refractivity contribution in [1.82, 2.24) is 5.43 Å². The predicted molar refractivity (Wildman–Crippen MR) is 131 cm³/mol. The number of nitro benzene ring substituents is 1. The van der Waals surface area contributed by atoms with Gasteiger partial charge in [0.15, 0.2) is 5.75 Å². The van der Waals surface area contributed by atoms with Gasteiger partial charge in [-0.3, -0.25) is 14.9 Å². The molecular weight excluding hydrogens is 470 g/mol. The van der Waals surface area contributed by atoms with Crippen molar-refractivity contribution in [3.63, 3.8) is 0 Å². The molecule has 0 heterocycles. The van der Waals surface area contributed by atoms with E-state index in [1.54, 1.807) is 42.5 Å². The maximum atomic E-state index is 12.9. The number of non-ortho nitro benzene ring substituents is 1. The van der Waals surface area contributed by atoms with E-state index in [0.29, 0.717) is 16.5 Å². The number of fused-ring (bicyclic) bond motifs is 1. The Morgan fingerprint density at radius 1 is 1.00 bits per heavy atom. The van der Waals surface area contributed by atoms with Crippen molar-refractivity contribution in [1.29, 1.82) is 0 Å². The third kappa shape index (κ3) is 5.33. The number of carbonyl (C=O) groups is 1. The highest BCUT2D eigenvalue weighted by atomic mass is 32.2. The summed E-state index contributed by atoms with van der Waals surface area (Å²) in [5, 5.41) is 16.5. The molecule has 0 bridgehead atoms. The standard InChI is InChI=1S/C25H19N3O6S/c1-17-9-11-19(12-10-17)25(29)27-26-16-23-22-8-3-2-5-18(22)13-14-24(23)34-35(32,33)21-7-4-6-20(15-21)28(30)31/h2-16H,1H3,(H,27,29). The third-order valence-corrected chi connectivity index (χ3v) is 6.35. The SMILES string of the molecule is Cc1ccc(C(=O)NN=Cc2c(OS(=O)(=O)c3cccc([N+](=O)[O-])c3)ccc3ccccc23)cc1. The molecule has 0 radical (unpaired) electrons. The Balaban J connectivity index is 1.68. The summed E-state index contributed by atoms with van der Waals surface area (Å²) in [5.74, 6) is -0.489. The normalized spacial score (nSPS) is 11.5. The zero-order valence-corrected chi connectivity index (χ0v) is 19.2. The number of aryl methyl sites for hydroxylation is 1. The minimum absolute atomic E-state index is 0.0523. The van der Waals surface area contributed by atoms with E-state index >= 15 is 0 Å². The maximum absolute atomic E-state index is 12.9. The van der Waals surface area contributed by atoms with Gasteiger partial charge in [0.25, 0.3) is 11.6 Å². The third-order valence-electron chi connectivity index (χ3n) is 5.12. The molecule has 0 atom stereocenters. The van der Waals surface area contributed by atoms with Gasteiger partial charge in [-0.2, -0.15) is 13.5 Å². The number of hydrazone groups is 1. The summed E-state index contributed by atoms with van der Waals surface area (Å²) in [6.45, 7) is 1.91. The van der Waals surface area contributed by atoms with Crippen LogP contribution in [0.3, 0.4) is 0 Å². The smallest absolute Gasteiger partial charge is 0.339 e. The number of hydrogen-bond acceptors (Lipinski definition) is 7. The Bertz CT molecular complexity index is 1560. The molecule has 0 aliphatic carbocycles. The largest absolute Gasteiger partial charge is 0.378 e. The fourth-order valence-corrected chi connectivity index (χ4v) is 4.31. The minimum Gasteiger partial charge on any atom is -0.378 e. The molecule has 0 saturated heterocycles. The van der Waals surface area contributed by atoms with Crippen LogP contribution < -0.4 is 9.61 Å². The van der Waals surface area contributed by atoms with Crippen molar-refractivity contribution in [2.24, 2.45) is 5.10 Å². The van der Waals surface area contributed by atoms with Gasteiger partial charge in [0, 0.05) is 23.3 Å². The van der Waals surface area contributed by atoms with Crippen LogP contribution in [0.1, 0.15) is 21.5 Å². The number of carbonyl (C=O) groups excluding carboxylic acids is 1. The van der Waals surface area contributed by atoms with Gasteiger partial charge >= 0.3 is 10.1 Å². The van der Waals surface area contributed by atoms with E-state index in [1.807, 2.05) is 19.1 Å². The Hall–Kier alpha value is -4.57. The summed E-state index contributed by atoms with van der Waals surface area (Å²) in [6, 6.07) is 21.8. The molecule has 0 aromatic heterocycles. The maximum Gasteiger partial charge on any atom is 0.339 e. The van der Waals surface area contributed by atoms with E-state index in [4.69, 9.17) is 4.18 Å². The molecule has 0 aliphatic rings. The molecule has 0 aliphatic heterocycles. The number of nitrogens with zero attached hydrogens (tertiary/aromatic N) is 2. The van der Waals surface area contributed by atoms with Crippen molar-refractivity contribution in [3.8, 4) is 5.75 Å². The van der Waals surface area contributed by atoms with Crippen LogP contribution in [0.5, 0.6) is 5.75 Å². The fraction of sp³-hybridized carbons (Fsp3) is 0.0400. The van der Waals surface area contributed by atoms with Gasteiger partial charge in [-0.05, 0) is 42.0 Å². The van der Waals surface area contributed by atoms with E-state index in [0.717, 1.165) is 17.0 Å². The first kappa shape index (κ1) is 23.6. The molecule has 176 valence electrons. The second-order valence-electron chi connectivity index (χ2n) is 7.56. The van der Waals surface area contributed by atoms with Crippen LogP contribution >= 0.6 is 0 Å². The lowest BCUT2D eigenvalue weighted by Crippen LogP contribution is -2.17. The monoisotopic (exact) mass is 489 g/mol. The topological polar surface area (TPSA) is 128 Å². The number of amides is 1. The summed E-state index contributed by atoms with van der Waals surface area (Å²) in [4.78, 5) is 22.4. The lowest BCUT2D eigenvalue weighted by atomic mass is 10.0. The zero-order chi connectivity index (χ0) is 25.0. The van der Waals surface area contributed by atoms with Crippen LogP contribution in [0, 0.1) is 17.0 Å². The van der Waals surface area contributed by atoms with Gasteiger partial charge in [-0.15, -0.1) is 0 Å². The Morgan fingerprint density at radius 3 is 2.49 bits per heavy atom. The summed E-state index contributed by atoms with van der Waals surface area (Å²) in [7, 11) is -4.40. The first-order valence-electron chi connectivity index (χ1n) is 10.4. The van der Waals surface area contributed by atoms with Crippen LogP contribution in [0.15, 0.2) is 94.9 Å². The number of hydrogen-bond donors (Lipinski definition) is 1. The van der Waals surface area contributed by atoms with Crippen molar-refractivity contribution in [2.45, 2.75) is 11.8 Å². The second-order valence-corrected chi connectivity index (χ2v) is 9.10. The second kappa shape index (κ2) is 9.74. The minimum atomic E-state index is -4.40. The fourth-order valence-electron chi connectivity index (χ4n) is 3.33. The highest BCUT2D eigenvalue weighted by molar-refractivity contribution is 7.87. The van der Waals surface area contributed by atoms with Gasteiger partial charge in [0.1, 0.15) is 4.90 Å². The van der Waals surface area contributed by atoms with E-state index in [2.05, 4.69) is 10.5 Å². The molecule has 0 unspecified atom stereocenters. The molecule has 0 saturated carbocycles. The van der Waals surface area contributed by atoms with Crippen LogP contribution in [-0.4, -0.2) is 25.5 Å². The van der Waals surface area contributed by atoms with Crippen LogP contribution in [0.2, 0.25) is 0 Å². The number of rotatable bonds is 7. The van der Waals surface area contributed by atoms with Gasteiger partial charge in [0.2, 0.25) is 0 Å². The average molecular weight is 490 g/mol. The molecule has 35 heavy (non-hydrogen) atoms. The molecule has 4 aromatic carbocycles. The predicted octanol–water partition coefficient (Wildman–Crippen LogP) is 4.59. The molecular formula is C25H19N3O6S. The summed E-state index contributed by atoms with van der Waals surface area (Å²) in [6.07, 6.45) is 1.30. The lowest BCUT2D eigenvalue weighted by Gasteiger charge is -2.12. The molecule has 0 fully saturated rings. The highest BCUT2D eigenvalue weighted by Gasteiger charge is 2.22. The quantitative estimate of drug-likeness (QED) is 0.175. The van der Waals surface area contributed by atoms with E-state index in [-0.39, 0.29) is 16.3 Å². The van der Waals surface area contributed by atoms with Crippen LogP contribution in [-0.2, 0) is 10.1 Å². The molecule has 1 amide bonds. The van der Waals surface area contributed by atoms with Crippen molar-refractivity contribution in [2.75, 3.05) is 0 Å². The Kier molecular flexibility index (Phi) is 6.56. The summed E-state index contributed by atoms with van der Waals surface area (Å²) in [5.41, 5.74) is 3.77.